The van der Waals surface area contributed by atoms with E-state index in [1.807, 2.05) is 6.92 Å². The number of benzene rings is 1. The lowest BCUT2D eigenvalue weighted by molar-refractivity contribution is -0.122. The Labute approximate surface area is 118 Å². The molecule has 1 aliphatic carbocycles. The van der Waals surface area contributed by atoms with Crippen LogP contribution in [-0.4, -0.2) is 23.5 Å². The normalized spacial score (nSPS) is 20.3. The third-order valence-corrected chi connectivity index (χ3v) is 3.52. The minimum absolute atomic E-state index is 0.0140. The first-order chi connectivity index (χ1) is 9.60. The molecule has 0 heterocycles. The van der Waals surface area contributed by atoms with Gasteiger partial charge in [-0.05, 0) is 30.0 Å². The molecule has 3 N–H and O–H groups in total. The summed E-state index contributed by atoms with van der Waals surface area (Å²) in [6, 6.07) is 7.00. The molecule has 20 heavy (non-hydrogen) atoms. The molecule has 2 atom stereocenters. The van der Waals surface area contributed by atoms with Gasteiger partial charge >= 0.3 is 0 Å². The quantitative estimate of drug-likeness (QED) is 0.732. The van der Waals surface area contributed by atoms with Gasteiger partial charge in [-0.25, -0.2) is 0 Å². The summed E-state index contributed by atoms with van der Waals surface area (Å²) in [5, 5.41) is 14.4. The maximum atomic E-state index is 11.7. The Balaban J connectivity index is 1.68. The zero-order chi connectivity index (χ0) is 14.5. The van der Waals surface area contributed by atoms with Crippen LogP contribution in [0.1, 0.15) is 25.3 Å². The van der Waals surface area contributed by atoms with Gasteiger partial charge in [-0.15, -0.1) is 0 Å². The second kappa shape index (κ2) is 6.52. The maximum absolute atomic E-state index is 11.7. The van der Waals surface area contributed by atoms with Crippen molar-refractivity contribution in [1.29, 1.82) is 0 Å². The lowest BCUT2D eigenvalue weighted by atomic mass is 10.2. The third kappa shape index (κ3) is 4.06. The lowest BCUT2D eigenvalue weighted by Gasteiger charge is -2.07. The minimum Gasteiger partial charge on any atom is -0.392 e. The molecule has 1 fully saturated rings. The number of carbonyl (C=O) groups excluding carboxylic acids is 2. The molecule has 2 rings (SSSR count). The van der Waals surface area contributed by atoms with Gasteiger partial charge in [0.25, 0.3) is 0 Å². The van der Waals surface area contributed by atoms with Crippen LogP contribution in [0.5, 0.6) is 0 Å². The van der Waals surface area contributed by atoms with Crippen molar-refractivity contribution in [2.24, 2.45) is 11.8 Å². The van der Waals surface area contributed by atoms with Crippen molar-refractivity contribution >= 4 is 17.5 Å². The molecule has 0 bridgehead atoms. The van der Waals surface area contributed by atoms with Crippen LogP contribution in [0, 0.1) is 11.8 Å². The molecule has 0 spiro atoms. The molecule has 1 saturated carbocycles. The van der Waals surface area contributed by atoms with Gasteiger partial charge in [0.2, 0.25) is 11.8 Å². The molecular weight excluding hydrogens is 256 g/mol. The van der Waals surface area contributed by atoms with Crippen molar-refractivity contribution in [2.75, 3.05) is 11.9 Å². The number of hydrogen-bond acceptors (Lipinski definition) is 3. The Bertz CT molecular complexity index is 484. The fourth-order valence-electron chi connectivity index (χ4n) is 2.03. The molecule has 0 aromatic heterocycles. The number of nitrogens with one attached hydrogen (secondary N) is 2. The maximum Gasteiger partial charge on any atom is 0.226 e. The van der Waals surface area contributed by atoms with Gasteiger partial charge in [-0.3, -0.25) is 9.59 Å². The SMILES string of the molecule is CC1CC1C(=O)NCCC(=O)Nc1ccc(CO)cc1. The predicted molar refractivity (Wildman–Crippen MR) is 75.9 cm³/mol. The Morgan fingerprint density at radius 3 is 2.50 bits per heavy atom. The fourth-order valence-corrected chi connectivity index (χ4v) is 2.03. The highest BCUT2D eigenvalue weighted by molar-refractivity contribution is 5.91. The van der Waals surface area contributed by atoms with E-state index in [1.165, 1.54) is 0 Å². The molecule has 1 aliphatic rings. The average molecular weight is 276 g/mol. The van der Waals surface area contributed by atoms with E-state index in [2.05, 4.69) is 10.6 Å². The minimum atomic E-state index is -0.133. The van der Waals surface area contributed by atoms with Crippen molar-refractivity contribution < 1.29 is 14.7 Å². The topological polar surface area (TPSA) is 78.4 Å². The Kier molecular flexibility index (Phi) is 4.74. The summed E-state index contributed by atoms with van der Waals surface area (Å²) in [7, 11) is 0. The van der Waals surface area contributed by atoms with E-state index in [9.17, 15) is 9.59 Å². The monoisotopic (exact) mass is 276 g/mol. The summed E-state index contributed by atoms with van der Waals surface area (Å²) >= 11 is 0. The predicted octanol–water partition coefficient (Wildman–Crippen LogP) is 1.28. The van der Waals surface area contributed by atoms with Crippen molar-refractivity contribution in [1.82, 2.24) is 5.32 Å². The number of carbonyl (C=O) groups is 2. The third-order valence-electron chi connectivity index (χ3n) is 3.52. The van der Waals surface area contributed by atoms with E-state index in [0.29, 0.717) is 18.2 Å². The van der Waals surface area contributed by atoms with Crippen LogP contribution >= 0.6 is 0 Å². The first-order valence-corrected chi connectivity index (χ1v) is 6.87. The van der Waals surface area contributed by atoms with Gasteiger partial charge in [-0.1, -0.05) is 19.1 Å². The number of anilines is 1. The molecule has 0 saturated heterocycles. The average Bonchev–Trinajstić information content (AvgIpc) is 3.17. The van der Waals surface area contributed by atoms with Crippen LogP contribution in [0.15, 0.2) is 24.3 Å². The van der Waals surface area contributed by atoms with E-state index in [1.54, 1.807) is 24.3 Å². The number of rotatable bonds is 6. The molecule has 5 heteroatoms. The summed E-state index contributed by atoms with van der Waals surface area (Å²) in [6.45, 7) is 2.40. The summed E-state index contributed by atoms with van der Waals surface area (Å²) in [5.41, 5.74) is 1.49. The highest BCUT2D eigenvalue weighted by atomic mass is 16.3. The summed E-state index contributed by atoms with van der Waals surface area (Å²) in [4.78, 5) is 23.2. The molecule has 2 unspecified atom stereocenters. The zero-order valence-electron chi connectivity index (χ0n) is 11.6. The smallest absolute Gasteiger partial charge is 0.226 e. The summed E-state index contributed by atoms with van der Waals surface area (Å²) < 4.78 is 0. The van der Waals surface area contributed by atoms with Gasteiger partial charge < -0.3 is 15.7 Å². The van der Waals surface area contributed by atoms with E-state index < -0.39 is 0 Å². The Morgan fingerprint density at radius 2 is 1.95 bits per heavy atom. The number of aliphatic hydroxyl groups excluding tert-OH is 1. The van der Waals surface area contributed by atoms with Crippen LogP contribution in [-0.2, 0) is 16.2 Å². The molecule has 5 nitrogen and oxygen atoms in total. The zero-order valence-corrected chi connectivity index (χ0v) is 11.6. The highest BCUT2D eigenvalue weighted by Gasteiger charge is 2.38. The number of aliphatic hydroxyl groups is 1. The lowest BCUT2D eigenvalue weighted by Crippen LogP contribution is -2.29. The standard InChI is InChI=1S/C15H20N2O3/c1-10-8-13(10)15(20)16-7-6-14(19)17-12-4-2-11(9-18)3-5-12/h2-5,10,13,18H,6-9H2,1H3,(H,16,20)(H,17,19). The largest absolute Gasteiger partial charge is 0.392 e. The van der Waals surface area contributed by atoms with Gasteiger partial charge in [0.15, 0.2) is 0 Å². The van der Waals surface area contributed by atoms with Crippen LogP contribution in [0.25, 0.3) is 0 Å². The van der Waals surface area contributed by atoms with Crippen LogP contribution in [0.3, 0.4) is 0 Å². The van der Waals surface area contributed by atoms with Gasteiger partial charge in [0, 0.05) is 24.6 Å². The second-order valence-corrected chi connectivity index (χ2v) is 5.26. The van der Waals surface area contributed by atoms with Gasteiger partial charge in [0.1, 0.15) is 0 Å². The fraction of sp³-hybridized carbons (Fsp3) is 0.467. The molecule has 0 aliphatic heterocycles. The van der Waals surface area contributed by atoms with E-state index in [-0.39, 0.29) is 30.8 Å². The number of amides is 2. The van der Waals surface area contributed by atoms with E-state index >= 15 is 0 Å². The van der Waals surface area contributed by atoms with Crippen LogP contribution in [0.4, 0.5) is 5.69 Å². The molecular formula is C15H20N2O3. The van der Waals surface area contributed by atoms with Crippen LogP contribution in [0.2, 0.25) is 0 Å². The van der Waals surface area contributed by atoms with Crippen molar-refractivity contribution in [3.8, 4) is 0 Å². The van der Waals surface area contributed by atoms with Gasteiger partial charge in [0.05, 0.1) is 6.61 Å². The van der Waals surface area contributed by atoms with E-state index in [4.69, 9.17) is 5.11 Å². The molecule has 2 amide bonds. The van der Waals surface area contributed by atoms with Crippen molar-refractivity contribution in [3.05, 3.63) is 29.8 Å². The highest BCUT2D eigenvalue weighted by Crippen LogP contribution is 2.37. The summed E-state index contributed by atoms with van der Waals surface area (Å²) in [6.07, 6.45) is 1.21. The summed E-state index contributed by atoms with van der Waals surface area (Å²) in [5.74, 6) is 0.543. The van der Waals surface area contributed by atoms with Crippen LogP contribution < -0.4 is 10.6 Å². The van der Waals surface area contributed by atoms with Gasteiger partial charge in [-0.2, -0.15) is 0 Å². The molecule has 0 radical (unpaired) electrons. The molecule has 1 aromatic carbocycles. The first-order valence-electron chi connectivity index (χ1n) is 6.87. The molecule has 1 aromatic rings. The second-order valence-electron chi connectivity index (χ2n) is 5.26. The van der Waals surface area contributed by atoms with Crippen molar-refractivity contribution in [3.63, 3.8) is 0 Å². The molecule has 108 valence electrons. The van der Waals surface area contributed by atoms with Crippen molar-refractivity contribution in [2.45, 2.75) is 26.4 Å². The number of hydrogen-bond donors (Lipinski definition) is 3. The Hall–Kier alpha value is -1.88. The first kappa shape index (κ1) is 14.5. The Morgan fingerprint density at radius 1 is 1.30 bits per heavy atom. The van der Waals surface area contributed by atoms with E-state index in [0.717, 1.165) is 12.0 Å².